The molecule has 0 amide bonds. The van der Waals surface area contributed by atoms with Gasteiger partial charge >= 0.3 is 0 Å². The Morgan fingerprint density at radius 2 is 1.76 bits per heavy atom. The second-order valence-corrected chi connectivity index (χ2v) is 10.8. The van der Waals surface area contributed by atoms with E-state index < -0.39 is 8.32 Å². The van der Waals surface area contributed by atoms with Crippen LogP contribution in [-0.4, -0.2) is 13.3 Å². The van der Waals surface area contributed by atoms with Gasteiger partial charge in [-0.25, -0.2) is 0 Å². The largest absolute Gasteiger partial charge is 0.542 e. The van der Waals surface area contributed by atoms with Crippen LogP contribution in [0.3, 0.4) is 0 Å². The number of nitrogens with one attached hydrogen (secondary N) is 1. The summed E-state index contributed by atoms with van der Waals surface area (Å²) in [4.78, 5) is 3.26. The number of rotatable bonds is 2. The molecular weight excluding hydrogens is 226 g/mol. The summed E-state index contributed by atoms with van der Waals surface area (Å²) < 4.78 is 6.33. The third-order valence-corrected chi connectivity index (χ3v) is 8.07. The summed E-state index contributed by atoms with van der Waals surface area (Å²) in [6.45, 7) is 11.3. The van der Waals surface area contributed by atoms with Gasteiger partial charge in [0, 0.05) is 17.1 Å². The number of aromatic amines is 1. The van der Waals surface area contributed by atoms with E-state index in [0.29, 0.717) is 0 Å². The number of para-hydroxylation sites is 1. The molecule has 0 saturated heterocycles. The molecule has 1 aromatic heterocycles. The van der Waals surface area contributed by atoms with Crippen molar-refractivity contribution in [3.8, 4) is 5.75 Å². The van der Waals surface area contributed by atoms with Gasteiger partial charge in [-0.2, -0.15) is 0 Å². The Kier molecular flexibility index (Phi) is 2.82. The van der Waals surface area contributed by atoms with Gasteiger partial charge in [0.1, 0.15) is 5.75 Å². The lowest BCUT2D eigenvalue weighted by molar-refractivity contribution is 0.496. The molecule has 0 aliphatic carbocycles. The van der Waals surface area contributed by atoms with E-state index in [2.05, 4.69) is 57.0 Å². The van der Waals surface area contributed by atoms with Crippen molar-refractivity contribution < 1.29 is 4.43 Å². The Balaban J connectivity index is 2.37. The van der Waals surface area contributed by atoms with Gasteiger partial charge in [-0.3, -0.25) is 0 Å². The Morgan fingerprint density at radius 1 is 1.12 bits per heavy atom. The lowest BCUT2D eigenvalue weighted by Crippen LogP contribution is -2.43. The molecular formula is C14H21NOSi. The Bertz CT molecular complexity index is 522. The van der Waals surface area contributed by atoms with Crippen molar-refractivity contribution in [3.63, 3.8) is 0 Å². The monoisotopic (exact) mass is 247 g/mol. The topological polar surface area (TPSA) is 25.0 Å². The normalized spacial score (nSPS) is 13.0. The molecule has 0 atom stereocenters. The first-order chi connectivity index (χ1) is 7.81. The molecule has 0 radical (unpaired) electrons. The summed E-state index contributed by atoms with van der Waals surface area (Å²) >= 11 is 0. The highest BCUT2D eigenvalue weighted by Crippen LogP contribution is 2.39. The van der Waals surface area contributed by atoms with Gasteiger partial charge in [0.15, 0.2) is 0 Å². The predicted octanol–water partition coefficient (Wildman–Crippen LogP) is 4.55. The van der Waals surface area contributed by atoms with Gasteiger partial charge in [0.25, 0.3) is 8.32 Å². The van der Waals surface area contributed by atoms with E-state index in [4.69, 9.17) is 4.43 Å². The number of H-pyrrole nitrogens is 1. The fourth-order valence-corrected chi connectivity index (χ4v) is 2.58. The predicted molar refractivity (Wildman–Crippen MR) is 76.1 cm³/mol. The van der Waals surface area contributed by atoms with Crippen molar-refractivity contribution in [1.29, 1.82) is 0 Å². The number of fused-ring (bicyclic) bond motifs is 1. The van der Waals surface area contributed by atoms with Crippen LogP contribution >= 0.6 is 0 Å². The highest BCUT2D eigenvalue weighted by atomic mass is 28.4. The second-order valence-electron chi connectivity index (χ2n) is 6.06. The van der Waals surface area contributed by atoms with Crippen LogP contribution in [0.25, 0.3) is 10.9 Å². The molecule has 1 heterocycles. The smallest absolute Gasteiger partial charge is 0.250 e. The molecule has 0 bridgehead atoms. The van der Waals surface area contributed by atoms with Gasteiger partial charge < -0.3 is 9.41 Å². The fraction of sp³-hybridized carbons (Fsp3) is 0.429. The molecule has 17 heavy (non-hydrogen) atoms. The van der Waals surface area contributed by atoms with Crippen LogP contribution in [-0.2, 0) is 0 Å². The Morgan fingerprint density at radius 3 is 2.41 bits per heavy atom. The minimum Gasteiger partial charge on any atom is -0.542 e. The first-order valence-corrected chi connectivity index (χ1v) is 8.97. The second kappa shape index (κ2) is 3.91. The summed E-state index contributed by atoms with van der Waals surface area (Å²) in [7, 11) is -1.75. The molecule has 0 fully saturated rings. The Labute approximate surface area is 104 Å². The minimum absolute atomic E-state index is 0.228. The van der Waals surface area contributed by atoms with Crippen molar-refractivity contribution >= 4 is 19.2 Å². The summed E-state index contributed by atoms with van der Waals surface area (Å²) in [6, 6.07) is 8.27. The third-order valence-electron chi connectivity index (χ3n) is 3.72. The van der Waals surface area contributed by atoms with E-state index in [1.165, 1.54) is 5.39 Å². The van der Waals surface area contributed by atoms with Gasteiger partial charge in [-0.1, -0.05) is 32.9 Å². The molecule has 1 aromatic carbocycles. The molecule has 3 heteroatoms. The molecule has 0 aliphatic heterocycles. The van der Waals surface area contributed by atoms with Crippen LogP contribution < -0.4 is 4.43 Å². The van der Waals surface area contributed by atoms with E-state index in [1.54, 1.807) is 0 Å². The van der Waals surface area contributed by atoms with Crippen LogP contribution in [0.2, 0.25) is 18.1 Å². The molecule has 0 spiro atoms. The summed E-state index contributed by atoms with van der Waals surface area (Å²) in [6.07, 6.45) is 1.98. The highest BCUT2D eigenvalue weighted by molar-refractivity contribution is 6.74. The summed E-state index contributed by atoms with van der Waals surface area (Å²) in [5, 5.41) is 1.41. The van der Waals surface area contributed by atoms with Crippen molar-refractivity contribution in [2.45, 2.75) is 38.9 Å². The summed E-state index contributed by atoms with van der Waals surface area (Å²) in [5.74, 6) is 0.993. The standard InChI is InChI=1S/C14H21NOSi/c1-14(2,3)17(4,5)16-13-10-15-12-9-7-6-8-11(12)13/h6-10,15H,1-5H3. The van der Waals surface area contributed by atoms with Gasteiger partial charge in [0.2, 0.25) is 0 Å². The number of aromatic nitrogens is 1. The maximum Gasteiger partial charge on any atom is 0.250 e. The number of hydrogen-bond acceptors (Lipinski definition) is 1. The first-order valence-electron chi connectivity index (χ1n) is 6.06. The third kappa shape index (κ3) is 2.25. The highest BCUT2D eigenvalue weighted by Gasteiger charge is 2.39. The van der Waals surface area contributed by atoms with Crippen molar-refractivity contribution in [2.24, 2.45) is 0 Å². The van der Waals surface area contributed by atoms with Crippen LogP contribution in [0.15, 0.2) is 30.5 Å². The zero-order valence-electron chi connectivity index (χ0n) is 11.3. The van der Waals surface area contributed by atoms with E-state index in [1.807, 2.05) is 12.3 Å². The quantitative estimate of drug-likeness (QED) is 0.774. The molecule has 0 unspecified atom stereocenters. The van der Waals surface area contributed by atoms with Crippen LogP contribution in [0.1, 0.15) is 20.8 Å². The van der Waals surface area contributed by atoms with Gasteiger partial charge in [0.05, 0.1) is 0 Å². The SMILES string of the molecule is CC(C)(C)[Si](C)(C)Oc1c[nH]c2ccccc12. The Hall–Kier alpha value is -1.22. The van der Waals surface area contributed by atoms with Gasteiger partial charge in [-0.15, -0.1) is 0 Å². The zero-order valence-corrected chi connectivity index (χ0v) is 12.3. The molecule has 2 rings (SSSR count). The van der Waals surface area contributed by atoms with Crippen molar-refractivity contribution in [3.05, 3.63) is 30.5 Å². The number of hydrogen-bond donors (Lipinski definition) is 1. The van der Waals surface area contributed by atoms with E-state index in [9.17, 15) is 0 Å². The molecule has 2 nitrogen and oxygen atoms in total. The van der Waals surface area contributed by atoms with Crippen LogP contribution in [0.5, 0.6) is 5.75 Å². The molecule has 2 aromatic rings. The van der Waals surface area contributed by atoms with Crippen molar-refractivity contribution in [1.82, 2.24) is 4.98 Å². The number of benzene rings is 1. The minimum atomic E-state index is -1.75. The van der Waals surface area contributed by atoms with Crippen LogP contribution in [0.4, 0.5) is 0 Å². The average Bonchev–Trinajstić information content (AvgIpc) is 2.60. The maximum absolute atomic E-state index is 6.33. The molecule has 92 valence electrons. The van der Waals surface area contributed by atoms with Crippen molar-refractivity contribution in [2.75, 3.05) is 0 Å². The van der Waals surface area contributed by atoms with Gasteiger partial charge in [-0.05, 0) is 30.3 Å². The average molecular weight is 247 g/mol. The van der Waals surface area contributed by atoms with E-state index >= 15 is 0 Å². The maximum atomic E-state index is 6.33. The van der Waals surface area contributed by atoms with E-state index in [0.717, 1.165) is 11.3 Å². The van der Waals surface area contributed by atoms with Crippen LogP contribution in [0, 0.1) is 0 Å². The lowest BCUT2D eigenvalue weighted by Gasteiger charge is -2.36. The summed E-state index contributed by atoms with van der Waals surface area (Å²) in [5.41, 5.74) is 1.14. The lowest BCUT2D eigenvalue weighted by atomic mass is 10.2. The van der Waals surface area contributed by atoms with E-state index in [-0.39, 0.29) is 5.04 Å². The molecule has 0 saturated carbocycles. The first kappa shape index (κ1) is 12.2. The molecule has 0 aliphatic rings. The fourth-order valence-electron chi connectivity index (χ4n) is 1.56. The zero-order chi connectivity index (χ0) is 12.7. The molecule has 1 N–H and O–H groups in total.